The third-order valence-electron chi connectivity index (χ3n) is 3.81. The first kappa shape index (κ1) is 25.9. The Kier molecular flexibility index (Phi) is 11.9. The van der Waals surface area contributed by atoms with Crippen LogP contribution in [0.15, 0.2) is 4.99 Å². The third-order valence-corrected chi connectivity index (χ3v) is 3.81. The standard InChI is InChI=1S/C12H25N5.2H2O4S/c13-12(14)15-5-2-6-16-7-3-9-17-8-1-4-11(17)10-16;2*1-5(2,3)4/h11H,1-10H2,(H4,13,14,15);2*(H2,1,2,3,4). The summed E-state index contributed by atoms with van der Waals surface area (Å²) in [5.74, 6) is 0.211. The van der Waals surface area contributed by atoms with Crippen molar-refractivity contribution >= 4 is 26.8 Å². The molecular formula is C12H29N5O8S2. The molecule has 2 saturated heterocycles. The van der Waals surface area contributed by atoms with E-state index in [0.29, 0.717) is 0 Å². The van der Waals surface area contributed by atoms with E-state index in [0.717, 1.165) is 25.6 Å². The summed E-state index contributed by atoms with van der Waals surface area (Å²) in [6.45, 7) is 6.95. The summed E-state index contributed by atoms with van der Waals surface area (Å²) in [6.07, 6.45) is 5.13. The number of hydrogen-bond donors (Lipinski definition) is 6. The molecule has 2 aliphatic heterocycles. The quantitative estimate of drug-likeness (QED) is 0.129. The highest BCUT2D eigenvalue weighted by Gasteiger charge is 2.28. The SMILES string of the molecule is NC(N)=NCCCN1CCCN2CCCC2C1.O=S(=O)(O)O.O=S(=O)(O)O. The molecule has 8 N–H and O–H groups in total. The van der Waals surface area contributed by atoms with Gasteiger partial charge in [0, 0.05) is 19.1 Å². The molecule has 1 atom stereocenters. The molecule has 0 aromatic carbocycles. The minimum Gasteiger partial charge on any atom is -0.370 e. The van der Waals surface area contributed by atoms with Crippen LogP contribution in [0.4, 0.5) is 0 Å². The van der Waals surface area contributed by atoms with Crippen LogP contribution in [0.2, 0.25) is 0 Å². The van der Waals surface area contributed by atoms with Crippen LogP contribution < -0.4 is 11.5 Å². The van der Waals surface area contributed by atoms with Gasteiger partial charge >= 0.3 is 20.8 Å². The van der Waals surface area contributed by atoms with Crippen LogP contribution in [0, 0.1) is 0 Å². The molecule has 0 amide bonds. The van der Waals surface area contributed by atoms with E-state index in [1.165, 1.54) is 45.4 Å². The van der Waals surface area contributed by atoms with Gasteiger partial charge in [0.15, 0.2) is 5.96 Å². The monoisotopic (exact) mass is 435 g/mol. The van der Waals surface area contributed by atoms with Crippen molar-refractivity contribution < 1.29 is 35.0 Å². The van der Waals surface area contributed by atoms with Crippen LogP contribution >= 0.6 is 0 Å². The van der Waals surface area contributed by atoms with Crippen molar-refractivity contribution in [3.63, 3.8) is 0 Å². The summed E-state index contributed by atoms with van der Waals surface area (Å²) in [7, 11) is -9.33. The van der Waals surface area contributed by atoms with Gasteiger partial charge in [-0.2, -0.15) is 16.8 Å². The zero-order valence-corrected chi connectivity index (χ0v) is 16.5. The number of fused-ring (bicyclic) bond motifs is 1. The summed E-state index contributed by atoms with van der Waals surface area (Å²) < 4.78 is 63.2. The Balaban J connectivity index is 0.000000563. The molecule has 2 rings (SSSR count). The van der Waals surface area contributed by atoms with Gasteiger partial charge in [-0.1, -0.05) is 0 Å². The Morgan fingerprint density at radius 2 is 1.48 bits per heavy atom. The van der Waals surface area contributed by atoms with Crippen molar-refractivity contribution in [2.75, 3.05) is 39.3 Å². The highest BCUT2D eigenvalue weighted by molar-refractivity contribution is 7.80. The molecule has 15 heteroatoms. The largest absolute Gasteiger partial charge is 0.394 e. The van der Waals surface area contributed by atoms with Gasteiger partial charge in [-0.15, -0.1) is 0 Å². The van der Waals surface area contributed by atoms with Crippen molar-refractivity contribution in [1.29, 1.82) is 0 Å². The fraction of sp³-hybridized carbons (Fsp3) is 0.917. The maximum Gasteiger partial charge on any atom is 0.394 e. The molecule has 1 unspecified atom stereocenters. The zero-order chi connectivity index (χ0) is 21.1. The van der Waals surface area contributed by atoms with E-state index in [9.17, 15) is 0 Å². The molecule has 0 aromatic heterocycles. The summed E-state index contributed by atoms with van der Waals surface area (Å²) in [5, 5.41) is 0. The van der Waals surface area contributed by atoms with Gasteiger partial charge in [-0.05, 0) is 51.9 Å². The third kappa shape index (κ3) is 19.5. The molecule has 2 fully saturated rings. The van der Waals surface area contributed by atoms with Gasteiger partial charge in [-0.3, -0.25) is 28.1 Å². The first-order valence-corrected chi connectivity index (χ1v) is 11.0. The van der Waals surface area contributed by atoms with E-state index >= 15 is 0 Å². The van der Waals surface area contributed by atoms with Gasteiger partial charge < -0.3 is 16.4 Å². The van der Waals surface area contributed by atoms with E-state index < -0.39 is 20.8 Å². The first-order chi connectivity index (χ1) is 12.3. The molecule has 13 nitrogen and oxygen atoms in total. The highest BCUT2D eigenvalue weighted by Crippen LogP contribution is 2.21. The zero-order valence-electron chi connectivity index (χ0n) is 14.9. The van der Waals surface area contributed by atoms with Crippen LogP contribution in [-0.4, -0.2) is 96.1 Å². The smallest absolute Gasteiger partial charge is 0.370 e. The van der Waals surface area contributed by atoms with E-state index in [1.54, 1.807) is 0 Å². The van der Waals surface area contributed by atoms with Gasteiger partial charge in [0.2, 0.25) is 0 Å². The van der Waals surface area contributed by atoms with Gasteiger partial charge in [0.05, 0.1) is 0 Å². The predicted octanol–water partition coefficient (Wildman–Crippen LogP) is -1.49. The Labute approximate surface area is 159 Å². The topological polar surface area (TPSA) is 220 Å². The van der Waals surface area contributed by atoms with Crippen LogP contribution in [-0.2, 0) is 20.8 Å². The maximum atomic E-state index is 8.74. The van der Waals surface area contributed by atoms with Crippen LogP contribution in [0.5, 0.6) is 0 Å². The van der Waals surface area contributed by atoms with E-state index in [-0.39, 0.29) is 5.96 Å². The minimum atomic E-state index is -4.67. The highest BCUT2D eigenvalue weighted by atomic mass is 32.3. The molecule has 0 saturated carbocycles. The van der Waals surface area contributed by atoms with E-state index in [2.05, 4.69) is 14.8 Å². The Hall–Kier alpha value is -1.07. The predicted molar refractivity (Wildman–Crippen MR) is 99.3 cm³/mol. The molecular weight excluding hydrogens is 406 g/mol. The molecule has 0 spiro atoms. The second-order valence-corrected chi connectivity index (χ2v) is 7.83. The van der Waals surface area contributed by atoms with Gasteiger partial charge in [0.1, 0.15) is 0 Å². The van der Waals surface area contributed by atoms with Crippen LogP contribution in [0.25, 0.3) is 0 Å². The summed E-state index contributed by atoms with van der Waals surface area (Å²) in [5.41, 5.74) is 10.6. The molecule has 162 valence electrons. The summed E-state index contributed by atoms with van der Waals surface area (Å²) in [4.78, 5) is 9.28. The number of rotatable bonds is 4. The number of nitrogens with two attached hydrogens (primary N) is 2. The van der Waals surface area contributed by atoms with Crippen molar-refractivity contribution in [3.8, 4) is 0 Å². The normalized spacial score (nSPS) is 21.0. The molecule has 0 aromatic rings. The lowest BCUT2D eigenvalue weighted by Gasteiger charge is -2.25. The first-order valence-electron chi connectivity index (χ1n) is 8.17. The fourth-order valence-electron chi connectivity index (χ4n) is 2.99. The second kappa shape index (κ2) is 12.4. The Morgan fingerprint density at radius 1 is 0.963 bits per heavy atom. The van der Waals surface area contributed by atoms with Crippen molar-refractivity contribution in [3.05, 3.63) is 0 Å². The Morgan fingerprint density at radius 3 is 2.00 bits per heavy atom. The maximum absolute atomic E-state index is 8.74. The number of guanidine groups is 1. The summed E-state index contributed by atoms with van der Waals surface area (Å²) in [6, 6.07) is 0.806. The number of nitrogens with zero attached hydrogens (tertiary/aromatic N) is 3. The number of aliphatic imine (C=N–C) groups is 1. The molecule has 0 aliphatic carbocycles. The average Bonchev–Trinajstić information content (AvgIpc) is 2.78. The molecule has 2 aliphatic rings. The van der Waals surface area contributed by atoms with Crippen molar-refractivity contribution in [2.45, 2.75) is 31.7 Å². The minimum absolute atomic E-state index is 0.211. The Bertz CT molecular complexity index is 605. The molecule has 0 bridgehead atoms. The molecule has 2 heterocycles. The van der Waals surface area contributed by atoms with Gasteiger partial charge in [0.25, 0.3) is 0 Å². The number of hydrogen-bond acceptors (Lipinski definition) is 7. The van der Waals surface area contributed by atoms with Crippen molar-refractivity contribution in [2.24, 2.45) is 16.5 Å². The van der Waals surface area contributed by atoms with Crippen LogP contribution in [0.1, 0.15) is 25.7 Å². The average molecular weight is 436 g/mol. The second-order valence-electron chi connectivity index (χ2n) is 6.04. The summed E-state index contributed by atoms with van der Waals surface area (Å²) >= 11 is 0. The molecule has 27 heavy (non-hydrogen) atoms. The van der Waals surface area contributed by atoms with E-state index in [1.807, 2.05) is 0 Å². The molecule has 0 radical (unpaired) electrons. The van der Waals surface area contributed by atoms with E-state index in [4.69, 9.17) is 46.5 Å². The van der Waals surface area contributed by atoms with Crippen molar-refractivity contribution in [1.82, 2.24) is 9.80 Å². The lowest BCUT2D eigenvalue weighted by atomic mass is 10.2. The lowest BCUT2D eigenvalue weighted by Crippen LogP contribution is -2.37. The van der Waals surface area contributed by atoms with Crippen LogP contribution in [0.3, 0.4) is 0 Å². The fourth-order valence-corrected chi connectivity index (χ4v) is 2.99. The lowest BCUT2D eigenvalue weighted by molar-refractivity contribution is 0.219. The van der Waals surface area contributed by atoms with Gasteiger partial charge in [-0.25, -0.2) is 0 Å².